The molecular formula is C54H58N4O. The first kappa shape index (κ1) is 37.1. The normalized spacial score (nSPS) is 34.7. The van der Waals surface area contributed by atoms with Gasteiger partial charge in [0.2, 0.25) is 0 Å². The van der Waals surface area contributed by atoms with Crippen LogP contribution in [0.4, 0.5) is 5.69 Å². The number of para-hydroxylation sites is 1. The monoisotopic (exact) mass is 778 g/mol. The molecule has 0 saturated carbocycles. The zero-order valence-electron chi connectivity index (χ0n) is 34.9. The van der Waals surface area contributed by atoms with Gasteiger partial charge in [0.25, 0.3) is 0 Å². The van der Waals surface area contributed by atoms with E-state index in [4.69, 9.17) is 9.73 Å². The summed E-state index contributed by atoms with van der Waals surface area (Å²) in [6, 6.07) is 29.7. The van der Waals surface area contributed by atoms with Crippen LogP contribution in [0.25, 0.3) is 5.57 Å². The van der Waals surface area contributed by atoms with Crippen molar-refractivity contribution in [1.82, 2.24) is 10.2 Å². The third kappa shape index (κ3) is 6.14. The SMILES string of the molecule is C[C@@H]1C=CCCC1C1NC(c2cc(C3=CC=CCC3)ccc2C2CC=CC3C2O[C@@]2(C)C4=C(C=CC32)N(c2ccccc2)C2CCCC=C42)=NC(c2ccccc2)N1C. The average Bonchev–Trinajstić information content (AvgIpc) is 3.80. The number of nitrogens with one attached hydrogen (secondary N) is 1. The quantitative estimate of drug-likeness (QED) is 0.253. The number of hydrogen-bond acceptors (Lipinski definition) is 5. The molecule has 11 rings (SSSR count). The van der Waals surface area contributed by atoms with Gasteiger partial charge in [-0.25, -0.2) is 4.99 Å². The summed E-state index contributed by atoms with van der Waals surface area (Å²) in [5.74, 6) is 2.70. The van der Waals surface area contributed by atoms with E-state index in [1.165, 1.54) is 63.2 Å². The van der Waals surface area contributed by atoms with E-state index < -0.39 is 5.60 Å². The Kier molecular flexibility index (Phi) is 9.38. The number of amidine groups is 1. The van der Waals surface area contributed by atoms with Gasteiger partial charge in [-0.05, 0) is 129 Å². The summed E-state index contributed by atoms with van der Waals surface area (Å²) in [5.41, 5.74) is 11.6. The molecule has 3 aromatic rings. The number of rotatable bonds is 6. The number of fused-ring (bicyclic) bond motifs is 6. The van der Waals surface area contributed by atoms with Gasteiger partial charge >= 0.3 is 0 Å². The summed E-state index contributed by atoms with van der Waals surface area (Å²) in [7, 11) is 2.27. The maximum atomic E-state index is 7.77. The summed E-state index contributed by atoms with van der Waals surface area (Å²) in [6.07, 6.45) is 33.1. The van der Waals surface area contributed by atoms with Crippen molar-refractivity contribution in [2.45, 2.75) is 101 Å². The van der Waals surface area contributed by atoms with Crippen LogP contribution in [0, 0.1) is 23.7 Å². The molecule has 1 saturated heterocycles. The van der Waals surface area contributed by atoms with Gasteiger partial charge in [0.1, 0.15) is 12.0 Å². The Morgan fingerprint density at radius 1 is 0.881 bits per heavy atom. The highest BCUT2D eigenvalue weighted by atomic mass is 16.5. The molecule has 0 spiro atoms. The molecule has 5 nitrogen and oxygen atoms in total. The van der Waals surface area contributed by atoms with Crippen LogP contribution in [0.3, 0.4) is 0 Å². The minimum Gasteiger partial charge on any atom is -0.365 e. The molecule has 0 aromatic heterocycles. The average molecular weight is 779 g/mol. The number of benzene rings is 3. The van der Waals surface area contributed by atoms with E-state index in [1.54, 1.807) is 0 Å². The van der Waals surface area contributed by atoms with Crippen LogP contribution < -0.4 is 10.2 Å². The van der Waals surface area contributed by atoms with Crippen LogP contribution in [-0.2, 0) is 4.74 Å². The van der Waals surface area contributed by atoms with Crippen LogP contribution in [-0.4, -0.2) is 41.7 Å². The molecule has 0 bridgehead atoms. The Morgan fingerprint density at radius 3 is 2.54 bits per heavy atom. The molecule has 5 heteroatoms. The lowest BCUT2D eigenvalue weighted by molar-refractivity contribution is -0.0266. The lowest BCUT2D eigenvalue weighted by Gasteiger charge is -2.45. The van der Waals surface area contributed by atoms with Gasteiger partial charge in [0.05, 0.1) is 23.9 Å². The lowest BCUT2D eigenvalue weighted by Crippen LogP contribution is -2.57. The maximum absolute atomic E-state index is 7.77. The van der Waals surface area contributed by atoms with Crippen molar-refractivity contribution in [2.24, 2.45) is 28.7 Å². The Morgan fingerprint density at radius 2 is 1.73 bits per heavy atom. The van der Waals surface area contributed by atoms with E-state index in [2.05, 4.69) is 176 Å². The molecule has 59 heavy (non-hydrogen) atoms. The zero-order chi connectivity index (χ0) is 39.7. The second kappa shape index (κ2) is 14.9. The minimum atomic E-state index is -0.423. The summed E-state index contributed by atoms with van der Waals surface area (Å²) in [5, 5.41) is 4.15. The Balaban J connectivity index is 1.02. The van der Waals surface area contributed by atoms with Crippen molar-refractivity contribution < 1.29 is 4.74 Å². The predicted molar refractivity (Wildman–Crippen MR) is 242 cm³/mol. The van der Waals surface area contributed by atoms with E-state index in [0.717, 1.165) is 44.4 Å². The van der Waals surface area contributed by atoms with Gasteiger partial charge < -0.3 is 15.0 Å². The molecule has 10 atom stereocenters. The van der Waals surface area contributed by atoms with Gasteiger partial charge in [-0.1, -0.05) is 122 Å². The number of nitrogens with zero attached hydrogens (tertiary/aromatic N) is 3. The van der Waals surface area contributed by atoms with Crippen LogP contribution >= 0.6 is 0 Å². The second-order valence-corrected chi connectivity index (χ2v) is 18.5. The van der Waals surface area contributed by atoms with Crippen molar-refractivity contribution in [2.75, 3.05) is 11.9 Å². The minimum absolute atomic E-state index is 0.0393. The van der Waals surface area contributed by atoms with Gasteiger partial charge in [-0.3, -0.25) is 4.90 Å². The predicted octanol–water partition coefficient (Wildman–Crippen LogP) is 11.6. The standard InChI is InChI=1S/C54H58N4O/c1-35-18-13-14-25-40(35)53-56-51(55-52(57(53)3)37-21-9-5-10-22-37)45-34-38(36-19-7-4-8-20-36)30-31-41(45)42-27-17-28-43-46-32-33-48-49(54(46,2)59-50(42)43)44-26-15-16-29-47(44)58(48)39-23-11-6-12-24-39/h4-7,9-13,17-19,21-24,26,28,30-35,40,42-43,46-47,50,52-53H,8,14-16,20,25,27,29H2,1-3H3,(H,55,56)/t35-,40?,42?,43?,46?,47?,50?,52?,53?,54-/m1/s1. The van der Waals surface area contributed by atoms with Crippen molar-refractivity contribution in [3.63, 3.8) is 0 Å². The van der Waals surface area contributed by atoms with Crippen molar-refractivity contribution >= 4 is 17.1 Å². The number of anilines is 1. The number of aliphatic imine (C=N–C) groups is 1. The lowest BCUT2D eigenvalue weighted by atomic mass is 9.67. The fourth-order valence-corrected chi connectivity index (χ4v) is 12.3. The highest BCUT2D eigenvalue weighted by Crippen LogP contribution is 2.60. The van der Waals surface area contributed by atoms with Crippen molar-refractivity contribution in [3.05, 3.63) is 179 Å². The smallest absolute Gasteiger partial charge is 0.131 e. The van der Waals surface area contributed by atoms with E-state index in [9.17, 15) is 0 Å². The first-order chi connectivity index (χ1) is 29.0. The molecule has 300 valence electrons. The largest absolute Gasteiger partial charge is 0.365 e. The summed E-state index contributed by atoms with van der Waals surface area (Å²) < 4.78 is 7.77. The first-order valence-electron chi connectivity index (χ1n) is 22.6. The van der Waals surface area contributed by atoms with Crippen molar-refractivity contribution in [1.29, 1.82) is 0 Å². The Labute approximate surface area is 351 Å². The highest BCUT2D eigenvalue weighted by Gasteiger charge is 2.60. The van der Waals surface area contributed by atoms with Gasteiger partial charge in [-0.15, -0.1) is 0 Å². The maximum Gasteiger partial charge on any atom is 0.131 e. The third-order valence-electron chi connectivity index (χ3n) is 15.2. The number of ether oxygens (including phenoxy) is 1. The molecule has 0 amide bonds. The van der Waals surface area contributed by atoms with Gasteiger partial charge in [0, 0.05) is 40.3 Å². The Bertz CT molecular complexity index is 2360. The topological polar surface area (TPSA) is 40.1 Å². The highest BCUT2D eigenvalue weighted by molar-refractivity contribution is 6.02. The van der Waals surface area contributed by atoms with Crippen LogP contribution in [0.1, 0.15) is 99.6 Å². The molecule has 8 aliphatic rings. The van der Waals surface area contributed by atoms with E-state index in [0.29, 0.717) is 17.9 Å². The second-order valence-electron chi connectivity index (χ2n) is 18.5. The summed E-state index contributed by atoms with van der Waals surface area (Å²) >= 11 is 0. The van der Waals surface area contributed by atoms with Crippen molar-refractivity contribution in [3.8, 4) is 0 Å². The molecule has 5 aliphatic carbocycles. The van der Waals surface area contributed by atoms with Gasteiger partial charge in [-0.2, -0.15) is 0 Å². The fourth-order valence-electron chi connectivity index (χ4n) is 12.3. The van der Waals surface area contributed by atoms with Crippen LogP contribution in [0.15, 0.2) is 161 Å². The van der Waals surface area contributed by atoms with E-state index in [1.807, 2.05) is 0 Å². The van der Waals surface area contributed by atoms with Crippen LogP contribution in [0.5, 0.6) is 0 Å². The molecule has 1 N–H and O–H groups in total. The summed E-state index contributed by atoms with van der Waals surface area (Å²) in [4.78, 5) is 10.8. The molecule has 3 aromatic carbocycles. The molecule has 0 radical (unpaired) electrons. The number of allylic oxidation sites excluding steroid dienone is 9. The first-order valence-corrected chi connectivity index (χ1v) is 22.6. The van der Waals surface area contributed by atoms with E-state index in [-0.39, 0.29) is 36.2 Å². The third-order valence-corrected chi connectivity index (χ3v) is 15.2. The summed E-state index contributed by atoms with van der Waals surface area (Å²) in [6.45, 7) is 4.81. The molecule has 3 aliphatic heterocycles. The molecule has 1 fully saturated rings. The fraction of sp³-hybridized carbons (Fsp3) is 0.389. The van der Waals surface area contributed by atoms with E-state index >= 15 is 0 Å². The van der Waals surface area contributed by atoms with Crippen LogP contribution in [0.2, 0.25) is 0 Å². The zero-order valence-corrected chi connectivity index (χ0v) is 34.9. The molecule has 8 unspecified atom stereocenters. The Hall–Kier alpha value is -4.97. The number of hydrogen-bond donors (Lipinski definition) is 1. The van der Waals surface area contributed by atoms with Gasteiger partial charge in [0.15, 0.2) is 0 Å². The molecule has 3 heterocycles. The molecular weight excluding hydrogens is 721 g/mol.